The maximum Gasteiger partial charge on any atom is 0.150 e. The third kappa shape index (κ3) is 1.67. The minimum atomic E-state index is 0.858. The van der Waals surface area contributed by atoms with E-state index < -0.39 is 0 Å². The molecule has 3 heterocycles. The van der Waals surface area contributed by atoms with Crippen LogP contribution in [0.25, 0.3) is 10.2 Å². The highest BCUT2D eigenvalue weighted by molar-refractivity contribution is 7.17. The lowest BCUT2D eigenvalue weighted by atomic mass is 9.99. The summed E-state index contributed by atoms with van der Waals surface area (Å²) < 4.78 is 1.23. The summed E-state index contributed by atoms with van der Waals surface area (Å²) in [6, 6.07) is 2.07. The van der Waals surface area contributed by atoms with Gasteiger partial charge in [0, 0.05) is 13.1 Å². The minimum absolute atomic E-state index is 0.858. The van der Waals surface area contributed by atoms with E-state index in [1.807, 2.05) is 0 Å². The molecule has 3 nitrogen and oxygen atoms in total. The molecule has 0 N–H and O–H groups in total. The van der Waals surface area contributed by atoms with Crippen molar-refractivity contribution in [1.29, 1.82) is 0 Å². The second-order valence-corrected chi connectivity index (χ2v) is 5.42. The van der Waals surface area contributed by atoms with E-state index in [0.717, 1.165) is 30.3 Å². The Morgan fingerprint density at radius 2 is 2.12 bits per heavy atom. The van der Waals surface area contributed by atoms with Gasteiger partial charge in [0.1, 0.15) is 12.1 Å². The molecule has 0 unspecified atom stereocenters. The molecule has 1 fully saturated rings. The van der Waals surface area contributed by atoms with Gasteiger partial charge in [-0.3, -0.25) is 0 Å². The van der Waals surface area contributed by atoms with Crippen LogP contribution in [-0.2, 0) is 0 Å². The summed E-state index contributed by atoms with van der Waals surface area (Å²) in [5, 5.41) is 2.09. The number of fused-ring (bicyclic) bond motifs is 1. The third-order valence-electron chi connectivity index (χ3n) is 3.31. The molecule has 0 bridgehead atoms. The van der Waals surface area contributed by atoms with Crippen LogP contribution in [0.1, 0.15) is 19.8 Å². The smallest absolute Gasteiger partial charge is 0.150 e. The first-order valence-corrected chi connectivity index (χ1v) is 6.66. The molecule has 2 aromatic heterocycles. The number of thiophene rings is 1. The maximum atomic E-state index is 4.45. The molecule has 84 valence electrons. The molecule has 0 aromatic carbocycles. The summed E-state index contributed by atoms with van der Waals surface area (Å²) >= 11 is 1.74. The van der Waals surface area contributed by atoms with Gasteiger partial charge in [-0.25, -0.2) is 9.97 Å². The van der Waals surface area contributed by atoms with Gasteiger partial charge in [-0.2, -0.15) is 0 Å². The average Bonchev–Trinajstić information content (AvgIpc) is 2.78. The molecule has 1 aliphatic rings. The number of nitrogens with zero attached hydrogens (tertiary/aromatic N) is 3. The summed E-state index contributed by atoms with van der Waals surface area (Å²) in [5.41, 5.74) is 1.08. The van der Waals surface area contributed by atoms with Gasteiger partial charge in [-0.05, 0) is 30.2 Å². The average molecular weight is 233 g/mol. The molecule has 1 saturated heterocycles. The molecule has 4 heteroatoms. The Morgan fingerprint density at radius 3 is 2.94 bits per heavy atom. The quantitative estimate of drug-likeness (QED) is 0.758. The van der Waals surface area contributed by atoms with Crippen LogP contribution in [0.15, 0.2) is 17.8 Å². The lowest BCUT2D eigenvalue weighted by molar-refractivity contribution is 0.437. The first kappa shape index (κ1) is 10.0. The van der Waals surface area contributed by atoms with Crippen molar-refractivity contribution in [3.63, 3.8) is 0 Å². The monoisotopic (exact) mass is 233 g/mol. The molecule has 16 heavy (non-hydrogen) atoms. The maximum absolute atomic E-state index is 4.45. The second-order valence-electron chi connectivity index (χ2n) is 4.50. The van der Waals surface area contributed by atoms with Crippen molar-refractivity contribution in [2.45, 2.75) is 19.8 Å². The van der Waals surface area contributed by atoms with Crippen LogP contribution < -0.4 is 4.90 Å². The highest BCUT2D eigenvalue weighted by atomic mass is 32.1. The second kappa shape index (κ2) is 4.01. The highest BCUT2D eigenvalue weighted by Gasteiger charge is 2.19. The Labute approximate surface area is 99.1 Å². The van der Waals surface area contributed by atoms with Gasteiger partial charge in [-0.1, -0.05) is 6.92 Å². The fraction of sp³-hybridized carbons (Fsp3) is 0.500. The van der Waals surface area contributed by atoms with Gasteiger partial charge in [-0.15, -0.1) is 11.3 Å². The predicted octanol–water partition coefficient (Wildman–Crippen LogP) is 2.93. The van der Waals surface area contributed by atoms with E-state index in [1.165, 1.54) is 17.5 Å². The Bertz CT molecular complexity index is 486. The van der Waals surface area contributed by atoms with E-state index >= 15 is 0 Å². The number of rotatable bonds is 1. The Morgan fingerprint density at radius 1 is 1.31 bits per heavy atom. The third-order valence-corrected chi connectivity index (χ3v) is 4.21. The fourth-order valence-corrected chi connectivity index (χ4v) is 3.08. The van der Waals surface area contributed by atoms with Gasteiger partial charge in [0.2, 0.25) is 0 Å². The van der Waals surface area contributed by atoms with Crippen LogP contribution in [0.4, 0.5) is 5.82 Å². The van der Waals surface area contributed by atoms with E-state index in [-0.39, 0.29) is 0 Å². The van der Waals surface area contributed by atoms with Crippen molar-refractivity contribution in [3.8, 4) is 0 Å². The minimum Gasteiger partial charge on any atom is -0.355 e. The molecule has 0 aliphatic carbocycles. The molecular formula is C12H15N3S. The predicted molar refractivity (Wildman–Crippen MR) is 68.0 cm³/mol. The fourth-order valence-electron chi connectivity index (χ4n) is 2.22. The molecule has 0 spiro atoms. The van der Waals surface area contributed by atoms with Crippen molar-refractivity contribution in [1.82, 2.24) is 9.97 Å². The molecule has 0 atom stereocenters. The van der Waals surface area contributed by atoms with Crippen LogP contribution in [0.3, 0.4) is 0 Å². The van der Waals surface area contributed by atoms with Crippen LogP contribution in [0, 0.1) is 5.92 Å². The summed E-state index contributed by atoms with van der Waals surface area (Å²) in [6.45, 7) is 4.59. The zero-order valence-electron chi connectivity index (χ0n) is 9.39. The van der Waals surface area contributed by atoms with Crippen LogP contribution in [-0.4, -0.2) is 23.1 Å². The first-order valence-electron chi connectivity index (χ1n) is 5.78. The zero-order chi connectivity index (χ0) is 11.0. The van der Waals surface area contributed by atoms with Crippen molar-refractivity contribution in [2.24, 2.45) is 5.92 Å². The number of hydrogen-bond acceptors (Lipinski definition) is 4. The number of aromatic nitrogens is 2. The van der Waals surface area contributed by atoms with Crippen molar-refractivity contribution in [3.05, 3.63) is 17.8 Å². The van der Waals surface area contributed by atoms with Crippen LogP contribution in [0.2, 0.25) is 0 Å². The molecule has 2 aromatic rings. The molecule has 0 radical (unpaired) electrons. The summed E-state index contributed by atoms with van der Waals surface area (Å²) in [7, 11) is 0. The lowest BCUT2D eigenvalue weighted by Crippen LogP contribution is -2.33. The van der Waals surface area contributed by atoms with Crippen molar-refractivity contribution >= 4 is 27.4 Å². The number of hydrogen-bond donors (Lipinski definition) is 0. The topological polar surface area (TPSA) is 29.0 Å². The van der Waals surface area contributed by atoms with Gasteiger partial charge in [0.25, 0.3) is 0 Å². The van der Waals surface area contributed by atoms with E-state index in [9.17, 15) is 0 Å². The number of anilines is 1. The van der Waals surface area contributed by atoms with E-state index in [4.69, 9.17) is 0 Å². The summed E-state index contributed by atoms with van der Waals surface area (Å²) in [6.07, 6.45) is 4.23. The summed E-state index contributed by atoms with van der Waals surface area (Å²) in [5.74, 6) is 1.99. The Hall–Kier alpha value is -1.16. The molecule has 1 aliphatic heterocycles. The van der Waals surface area contributed by atoms with Gasteiger partial charge in [0.05, 0.1) is 10.2 Å². The largest absolute Gasteiger partial charge is 0.355 e. The Kier molecular flexibility index (Phi) is 2.52. The molecular weight excluding hydrogens is 218 g/mol. The van der Waals surface area contributed by atoms with E-state index in [2.05, 4.69) is 33.2 Å². The van der Waals surface area contributed by atoms with Gasteiger partial charge < -0.3 is 4.90 Å². The molecule has 0 amide bonds. The first-order chi connectivity index (χ1) is 7.84. The van der Waals surface area contributed by atoms with Crippen LogP contribution >= 0.6 is 11.3 Å². The zero-order valence-corrected chi connectivity index (χ0v) is 10.2. The Balaban J connectivity index is 1.96. The highest BCUT2D eigenvalue weighted by Crippen LogP contribution is 2.30. The standard InChI is InChI=1S/C12H15N3S/c1-9-2-5-15(6-3-9)12-11-10(4-7-16-11)13-8-14-12/h4,7-9H,2-3,5-6H2,1H3. The van der Waals surface area contributed by atoms with Crippen molar-refractivity contribution < 1.29 is 0 Å². The van der Waals surface area contributed by atoms with Gasteiger partial charge >= 0.3 is 0 Å². The van der Waals surface area contributed by atoms with Crippen molar-refractivity contribution in [2.75, 3.05) is 18.0 Å². The number of piperidine rings is 1. The van der Waals surface area contributed by atoms with E-state index in [1.54, 1.807) is 17.7 Å². The van der Waals surface area contributed by atoms with Gasteiger partial charge in [0.15, 0.2) is 0 Å². The van der Waals surface area contributed by atoms with Crippen LogP contribution in [0.5, 0.6) is 0 Å². The molecule has 0 saturated carbocycles. The SMILES string of the molecule is CC1CCN(c2ncnc3ccsc23)CC1. The summed E-state index contributed by atoms with van der Waals surface area (Å²) in [4.78, 5) is 11.1. The normalized spacial score (nSPS) is 18.2. The van der Waals surface area contributed by atoms with E-state index in [0.29, 0.717) is 0 Å². The lowest BCUT2D eigenvalue weighted by Gasteiger charge is -2.31. The molecule has 3 rings (SSSR count).